The second kappa shape index (κ2) is 6.59. The summed E-state index contributed by atoms with van der Waals surface area (Å²) in [5.41, 5.74) is 7.43. The molecule has 1 unspecified atom stereocenters. The molecule has 1 aliphatic heterocycles. The summed E-state index contributed by atoms with van der Waals surface area (Å²) >= 11 is 3.10. The Hall–Kier alpha value is -1.44. The minimum Gasteiger partial charge on any atom is -0.328 e. The number of thioether (sulfide) groups is 1. The maximum Gasteiger partial charge on any atom is 0.274 e. The highest BCUT2D eigenvalue weighted by Crippen LogP contribution is 2.34. The van der Waals surface area contributed by atoms with Crippen LogP contribution in [0.25, 0.3) is 10.4 Å². The summed E-state index contributed by atoms with van der Waals surface area (Å²) in [6.45, 7) is 4.67. The van der Waals surface area contributed by atoms with Crippen molar-refractivity contribution in [2.45, 2.75) is 19.2 Å². The number of rotatable bonds is 3. The zero-order valence-corrected chi connectivity index (χ0v) is 14.6. The first-order chi connectivity index (χ1) is 11.0. The Morgan fingerprint density at radius 1 is 1.48 bits per heavy atom. The fourth-order valence-corrected chi connectivity index (χ4v) is 4.58. The number of halogens is 1. The molecule has 2 aromatic rings. The highest BCUT2D eigenvalue weighted by Gasteiger charge is 2.32. The van der Waals surface area contributed by atoms with E-state index < -0.39 is 0 Å². The number of aromatic nitrogens is 1. The average molecular weight is 351 g/mol. The Bertz CT molecular complexity index is 747. The number of nitrogens with zero attached hydrogens (tertiary/aromatic N) is 2. The molecule has 122 valence electrons. The molecule has 1 saturated heterocycles. The van der Waals surface area contributed by atoms with Crippen LogP contribution in [0.3, 0.4) is 0 Å². The molecule has 0 spiro atoms. The molecule has 1 amide bonds. The van der Waals surface area contributed by atoms with Crippen molar-refractivity contribution in [3.05, 3.63) is 40.3 Å². The second-order valence-electron chi connectivity index (χ2n) is 5.43. The zero-order chi connectivity index (χ0) is 16.6. The molecule has 23 heavy (non-hydrogen) atoms. The predicted molar refractivity (Wildman–Crippen MR) is 93.3 cm³/mol. The standard InChI is InChI=1S/C16H18FN3OS2/c1-9-3-4-11(7-12(9)17)15-14(19-10(2)23-15)16(21)20-5-6-22-13(20)8-18/h3-4,7,13H,5-6,8,18H2,1-2H3. The van der Waals surface area contributed by atoms with Crippen LogP contribution in [0.5, 0.6) is 0 Å². The Morgan fingerprint density at radius 3 is 2.96 bits per heavy atom. The van der Waals surface area contributed by atoms with Gasteiger partial charge in [0.15, 0.2) is 0 Å². The molecule has 2 heterocycles. The van der Waals surface area contributed by atoms with Crippen LogP contribution in [-0.2, 0) is 0 Å². The van der Waals surface area contributed by atoms with Crippen LogP contribution in [-0.4, -0.2) is 40.0 Å². The molecule has 2 N–H and O–H groups in total. The van der Waals surface area contributed by atoms with Gasteiger partial charge in [0.05, 0.1) is 15.3 Å². The molecular weight excluding hydrogens is 333 g/mol. The van der Waals surface area contributed by atoms with Crippen LogP contribution in [0, 0.1) is 19.7 Å². The Labute approximate surface area is 142 Å². The van der Waals surface area contributed by atoms with E-state index in [1.807, 2.05) is 13.0 Å². The van der Waals surface area contributed by atoms with Crippen molar-refractivity contribution in [1.29, 1.82) is 0 Å². The van der Waals surface area contributed by atoms with E-state index in [0.717, 1.165) is 15.6 Å². The van der Waals surface area contributed by atoms with Gasteiger partial charge in [-0.05, 0) is 31.0 Å². The molecule has 4 nitrogen and oxygen atoms in total. The van der Waals surface area contributed by atoms with Crippen LogP contribution in [0.4, 0.5) is 4.39 Å². The van der Waals surface area contributed by atoms with Crippen molar-refractivity contribution in [2.75, 3.05) is 18.8 Å². The predicted octanol–water partition coefficient (Wildman–Crippen LogP) is 3.04. The number of carbonyl (C=O) groups excluding carboxylic acids is 1. The van der Waals surface area contributed by atoms with E-state index in [-0.39, 0.29) is 17.1 Å². The fraction of sp³-hybridized carbons (Fsp3) is 0.375. The third-order valence-electron chi connectivity index (χ3n) is 3.82. The van der Waals surface area contributed by atoms with E-state index in [4.69, 9.17) is 5.73 Å². The van der Waals surface area contributed by atoms with E-state index >= 15 is 0 Å². The smallest absolute Gasteiger partial charge is 0.274 e. The van der Waals surface area contributed by atoms with Gasteiger partial charge in [0.25, 0.3) is 5.91 Å². The van der Waals surface area contributed by atoms with Crippen LogP contribution < -0.4 is 5.73 Å². The lowest BCUT2D eigenvalue weighted by molar-refractivity contribution is 0.0759. The molecule has 1 fully saturated rings. The fourth-order valence-electron chi connectivity index (χ4n) is 2.59. The molecule has 0 bridgehead atoms. The van der Waals surface area contributed by atoms with Gasteiger partial charge in [-0.15, -0.1) is 23.1 Å². The molecule has 0 saturated carbocycles. The van der Waals surface area contributed by atoms with E-state index in [1.165, 1.54) is 17.4 Å². The van der Waals surface area contributed by atoms with Gasteiger partial charge in [0.1, 0.15) is 11.5 Å². The van der Waals surface area contributed by atoms with Gasteiger partial charge < -0.3 is 10.6 Å². The normalized spacial score (nSPS) is 17.7. The lowest BCUT2D eigenvalue weighted by Crippen LogP contribution is -2.39. The van der Waals surface area contributed by atoms with Gasteiger partial charge in [0, 0.05) is 18.8 Å². The van der Waals surface area contributed by atoms with E-state index in [0.29, 0.717) is 29.9 Å². The van der Waals surface area contributed by atoms with Gasteiger partial charge in [-0.25, -0.2) is 9.37 Å². The van der Waals surface area contributed by atoms with Crippen molar-refractivity contribution >= 4 is 29.0 Å². The SMILES string of the molecule is Cc1nc(C(=O)N2CCSC2CN)c(-c2ccc(C)c(F)c2)s1. The minimum atomic E-state index is -0.275. The molecular formula is C16H18FN3OS2. The molecule has 1 aromatic carbocycles. The number of nitrogens with two attached hydrogens (primary N) is 1. The maximum absolute atomic E-state index is 13.9. The van der Waals surface area contributed by atoms with Crippen molar-refractivity contribution in [1.82, 2.24) is 9.88 Å². The summed E-state index contributed by atoms with van der Waals surface area (Å²) in [5, 5.41) is 0.785. The minimum absolute atomic E-state index is 0.00731. The summed E-state index contributed by atoms with van der Waals surface area (Å²) in [7, 11) is 0. The van der Waals surface area contributed by atoms with Crippen molar-refractivity contribution in [3.63, 3.8) is 0 Å². The molecule has 1 aromatic heterocycles. The lowest BCUT2D eigenvalue weighted by Gasteiger charge is -2.22. The number of carbonyl (C=O) groups is 1. The lowest BCUT2D eigenvalue weighted by atomic mass is 10.1. The number of amides is 1. The second-order valence-corrected chi connectivity index (χ2v) is 7.92. The zero-order valence-electron chi connectivity index (χ0n) is 13.0. The highest BCUT2D eigenvalue weighted by molar-refractivity contribution is 8.00. The number of aryl methyl sites for hydroxylation is 2. The van der Waals surface area contributed by atoms with Gasteiger partial charge in [-0.1, -0.05) is 12.1 Å². The van der Waals surface area contributed by atoms with Gasteiger partial charge in [0.2, 0.25) is 0 Å². The van der Waals surface area contributed by atoms with Gasteiger partial charge >= 0.3 is 0 Å². The van der Waals surface area contributed by atoms with Crippen LogP contribution in [0.15, 0.2) is 18.2 Å². The maximum atomic E-state index is 13.9. The van der Waals surface area contributed by atoms with Crippen molar-refractivity contribution in [2.24, 2.45) is 5.73 Å². The molecule has 0 aliphatic carbocycles. The van der Waals surface area contributed by atoms with Crippen molar-refractivity contribution < 1.29 is 9.18 Å². The highest BCUT2D eigenvalue weighted by atomic mass is 32.2. The summed E-state index contributed by atoms with van der Waals surface area (Å²) in [5.74, 6) is 0.486. The summed E-state index contributed by atoms with van der Waals surface area (Å²) in [6, 6.07) is 5.03. The Balaban J connectivity index is 2.00. The van der Waals surface area contributed by atoms with Crippen LogP contribution >= 0.6 is 23.1 Å². The molecule has 3 rings (SSSR count). The number of thiazole rings is 1. The third-order valence-corrected chi connectivity index (χ3v) is 6.09. The largest absolute Gasteiger partial charge is 0.328 e. The van der Waals surface area contributed by atoms with E-state index in [1.54, 1.807) is 29.7 Å². The topological polar surface area (TPSA) is 59.2 Å². The molecule has 1 aliphatic rings. The first-order valence-electron chi connectivity index (χ1n) is 7.38. The summed E-state index contributed by atoms with van der Waals surface area (Å²) < 4.78 is 13.9. The van der Waals surface area contributed by atoms with Crippen molar-refractivity contribution in [3.8, 4) is 10.4 Å². The third kappa shape index (κ3) is 3.13. The molecule has 7 heteroatoms. The Morgan fingerprint density at radius 2 is 2.26 bits per heavy atom. The quantitative estimate of drug-likeness (QED) is 0.923. The number of hydrogen-bond donors (Lipinski definition) is 1. The van der Waals surface area contributed by atoms with Gasteiger partial charge in [-0.3, -0.25) is 4.79 Å². The van der Waals surface area contributed by atoms with Crippen LogP contribution in [0.2, 0.25) is 0 Å². The summed E-state index contributed by atoms with van der Waals surface area (Å²) in [6.07, 6.45) is 0. The number of hydrogen-bond acceptors (Lipinski definition) is 5. The summed E-state index contributed by atoms with van der Waals surface area (Å²) in [4.78, 5) is 19.8. The Kier molecular flexibility index (Phi) is 4.70. The molecule has 0 radical (unpaired) electrons. The van der Waals surface area contributed by atoms with Gasteiger partial charge in [-0.2, -0.15) is 0 Å². The molecule has 1 atom stereocenters. The number of benzene rings is 1. The van der Waals surface area contributed by atoms with Crippen LogP contribution in [0.1, 0.15) is 21.1 Å². The first kappa shape index (κ1) is 16.4. The van der Waals surface area contributed by atoms with E-state index in [2.05, 4.69) is 4.98 Å². The van der Waals surface area contributed by atoms with E-state index in [9.17, 15) is 9.18 Å². The first-order valence-corrected chi connectivity index (χ1v) is 9.24. The average Bonchev–Trinajstić information content (AvgIpc) is 3.15. The monoisotopic (exact) mass is 351 g/mol.